The number of nitrogens with zero attached hydrogens (tertiary/aromatic N) is 3. The lowest BCUT2D eigenvalue weighted by Gasteiger charge is -2.27. The lowest BCUT2D eigenvalue weighted by atomic mass is 9.92. The van der Waals surface area contributed by atoms with E-state index in [1.54, 1.807) is 0 Å². The molecule has 0 saturated carbocycles. The van der Waals surface area contributed by atoms with Gasteiger partial charge in [0.15, 0.2) is 0 Å². The van der Waals surface area contributed by atoms with Crippen LogP contribution in [-0.4, -0.2) is 47.4 Å². The first-order valence-corrected chi connectivity index (χ1v) is 8.78. The van der Waals surface area contributed by atoms with Crippen LogP contribution in [0.2, 0.25) is 0 Å². The molecule has 24 heavy (non-hydrogen) atoms. The van der Waals surface area contributed by atoms with E-state index < -0.39 is 0 Å². The summed E-state index contributed by atoms with van der Waals surface area (Å²) < 4.78 is 11.0. The van der Waals surface area contributed by atoms with E-state index in [1.807, 2.05) is 18.3 Å². The van der Waals surface area contributed by atoms with Crippen molar-refractivity contribution in [1.82, 2.24) is 20.4 Å². The number of hydrogen-bond acceptors (Lipinski definition) is 6. The molecule has 0 aromatic carbocycles. The quantitative estimate of drug-likeness (QED) is 0.898. The molecule has 128 valence electrons. The summed E-state index contributed by atoms with van der Waals surface area (Å²) in [6.07, 6.45) is 4.89. The molecule has 1 N–H and O–H groups in total. The second-order valence-corrected chi connectivity index (χ2v) is 6.56. The van der Waals surface area contributed by atoms with Crippen molar-refractivity contribution in [2.24, 2.45) is 0 Å². The summed E-state index contributed by atoms with van der Waals surface area (Å²) in [4.78, 5) is 6.78. The van der Waals surface area contributed by atoms with E-state index in [1.165, 1.54) is 5.56 Å². The van der Waals surface area contributed by atoms with Crippen LogP contribution in [0.25, 0.3) is 0 Å². The summed E-state index contributed by atoms with van der Waals surface area (Å²) in [5.41, 5.74) is 3.50. The predicted octanol–water partition coefficient (Wildman–Crippen LogP) is 1.55. The summed E-state index contributed by atoms with van der Waals surface area (Å²) >= 11 is 0. The Morgan fingerprint density at radius 1 is 1.25 bits per heavy atom. The summed E-state index contributed by atoms with van der Waals surface area (Å²) in [5.74, 6) is 1.08. The van der Waals surface area contributed by atoms with Crippen LogP contribution < -0.4 is 5.32 Å². The van der Waals surface area contributed by atoms with Gasteiger partial charge >= 0.3 is 0 Å². The maximum atomic E-state index is 5.59. The molecular formula is C18H24N4O2. The Bertz CT molecular complexity index is 652. The number of fused-ring (bicyclic) bond motifs is 1. The van der Waals surface area contributed by atoms with Crippen LogP contribution in [-0.2, 0) is 30.7 Å². The van der Waals surface area contributed by atoms with Crippen LogP contribution in [0.5, 0.6) is 0 Å². The Labute approximate surface area is 142 Å². The van der Waals surface area contributed by atoms with Gasteiger partial charge in [0.2, 0.25) is 0 Å². The van der Waals surface area contributed by atoms with Crippen molar-refractivity contribution < 1.29 is 9.26 Å². The summed E-state index contributed by atoms with van der Waals surface area (Å²) in [7, 11) is 0. The van der Waals surface area contributed by atoms with Gasteiger partial charge < -0.3 is 14.6 Å². The Morgan fingerprint density at radius 2 is 2.17 bits per heavy atom. The second kappa shape index (κ2) is 7.42. The molecule has 4 rings (SSSR count). The van der Waals surface area contributed by atoms with Gasteiger partial charge in [-0.25, -0.2) is 0 Å². The van der Waals surface area contributed by atoms with Crippen molar-refractivity contribution in [1.29, 1.82) is 0 Å². The highest BCUT2D eigenvalue weighted by molar-refractivity contribution is 5.27. The van der Waals surface area contributed by atoms with Crippen molar-refractivity contribution in [3.63, 3.8) is 0 Å². The highest BCUT2D eigenvalue weighted by Gasteiger charge is 2.26. The molecule has 1 atom stereocenters. The van der Waals surface area contributed by atoms with Gasteiger partial charge in [0.1, 0.15) is 11.5 Å². The van der Waals surface area contributed by atoms with Crippen molar-refractivity contribution in [3.8, 4) is 0 Å². The topological polar surface area (TPSA) is 63.4 Å². The van der Waals surface area contributed by atoms with Crippen LogP contribution in [0.3, 0.4) is 0 Å². The molecule has 1 unspecified atom stereocenters. The Hall–Kier alpha value is -1.76. The highest BCUT2D eigenvalue weighted by Crippen LogP contribution is 2.26. The maximum Gasteiger partial charge on any atom is 0.140 e. The van der Waals surface area contributed by atoms with Crippen LogP contribution >= 0.6 is 0 Å². The molecule has 3 heterocycles. The molecule has 0 amide bonds. The third kappa shape index (κ3) is 3.66. The molecule has 1 saturated heterocycles. The van der Waals surface area contributed by atoms with E-state index >= 15 is 0 Å². The SMILES string of the molecule is c1ccc(CNC2CCc3onc(CN4CCOCC4)c3C2)nc1. The first-order valence-electron chi connectivity index (χ1n) is 8.78. The van der Waals surface area contributed by atoms with E-state index in [9.17, 15) is 0 Å². The third-order valence-electron chi connectivity index (χ3n) is 4.90. The van der Waals surface area contributed by atoms with Crippen molar-refractivity contribution >= 4 is 0 Å². The lowest BCUT2D eigenvalue weighted by Crippen LogP contribution is -2.37. The van der Waals surface area contributed by atoms with Gasteiger partial charge in [-0.2, -0.15) is 0 Å². The summed E-state index contributed by atoms with van der Waals surface area (Å²) in [6.45, 7) is 5.26. The zero-order chi connectivity index (χ0) is 16.2. The Morgan fingerprint density at radius 3 is 3.00 bits per heavy atom. The maximum absolute atomic E-state index is 5.59. The second-order valence-electron chi connectivity index (χ2n) is 6.56. The fourth-order valence-electron chi connectivity index (χ4n) is 3.48. The van der Waals surface area contributed by atoms with Crippen LogP contribution in [0, 0.1) is 0 Å². The van der Waals surface area contributed by atoms with Crippen molar-refractivity contribution in [3.05, 3.63) is 47.1 Å². The van der Waals surface area contributed by atoms with E-state index in [0.717, 1.165) is 75.8 Å². The number of hydrogen-bond donors (Lipinski definition) is 1. The fourth-order valence-corrected chi connectivity index (χ4v) is 3.48. The molecule has 1 fully saturated rings. The number of rotatable bonds is 5. The van der Waals surface area contributed by atoms with Crippen molar-refractivity contribution in [2.75, 3.05) is 26.3 Å². The van der Waals surface area contributed by atoms with E-state index in [0.29, 0.717) is 6.04 Å². The molecule has 0 radical (unpaired) electrons. The van der Waals surface area contributed by atoms with Gasteiger partial charge in [-0.1, -0.05) is 11.2 Å². The van der Waals surface area contributed by atoms with Crippen LogP contribution in [0.15, 0.2) is 28.9 Å². The molecule has 2 aromatic rings. The zero-order valence-corrected chi connectivity index (χ0v) is 13.9. The predicted molar refractivity (Wildman–Crippen MR) is 89.5 cm³/mol. The molecule has 0 bridgehead atoms. The number of aromatic nitrogens is 2. The smallest absolute Gasteiger partial charge is 0.140 e. The highest BCUT2D eigenvalue weighted by atomic mass is 16.5. The van der Waals surface area contributed by atoms with Gasteiger partial charge in [-0.05, 0) is 25.0 Å². The molecule has 1 aliphatic heterocycles. The molecule has 2 aromatic heterocycles. The third-order valence-corrected chi connectivity index (χ3v) is 4.90. The fraction of sp³-hybridized carbons (Fsp3) is 0.556. The molecule has 0 spiro atoms. The number of ether oxygens (including phenoxy) is 1. The first kappa shape index (κ1) is 15.7. The van der Waals surface area contributed by atoms with Gasteiger partial charge in [-0.3, -0.25) is 9.88 Å². The normalized spacial score (nSPS) is 21.6. The Kier molecular flexibility index (Phi) is 4.87. The van der Waals surface area contributed by atoms with E-state index in [2.05, 4.69) is 26.4 Å². The number of morpholine rings is 1. The molecule has 6 nitrogen and oxygen atoms in total. The minimum absolute atomic E-state index is 0.461. The molecule has 6 heteroatoms. The average Bonchev–Trinajstić information content (AvgIpc) is 3.04. The lowest BCUT2D eigenvalue weighted by molar-refractivity contribution is 0.0331. The van der Waals surface area contributed by atoms with Gasteiger partial charge in [-0.15, -0.1) is 0 Å². The van der Waals surface area contributed by atoms with Crippen molar-refractivity contribution in [2.45, 2.75) is 38.4 Å². The van der Waals surface area contributed by atoms with Crippen LogP contribution in [0.1, 0.15) is 29.1 Å². The number of aryl methyl sites for hydroxylation is 1. The van der Waals surface area contributed by atoms with E-state index in [4.69, 9.17) is 9.26 Å². The summed E-state index contributed by atoms with van der Waals surface area (Å²) in [5, 5.41) is 7.98. The number of nitrogens with one attached hydrogen (secondary N) is 1. The number of pyridine rings is 1. The monoisotopic (exact) mass is 328 g/mol. The molecular weight excluding hydrogens is 304 g/mol. The first-order chi connectivity index (χ1) is 11.9. The summed E-state index contributed by atoms with van der Waals surface area (Å²) in [6, 6.07) is 6.50. The van der Waals surface area contributed by atoms with Gasteiger partial charge in [0, 0.05) is 50.4 Å². The molecule has 1 aliphatic carbocycles. The van der Waals surface area contributed by atoms with E-state index in [-0.39, 0.29) is 0 Å². The Balaban J connectivity index is 1.37. The minimum Gasteiger partial charge on any atom is -0.379 e. The minimum atomic E-state index is 0.461. The van der Waals surface area contributed by atoms with Crippen LogP contribution in [0.4, 0.5) is 0 Å². The van der Waals surface area contributed by atoms with Gasteiger partial charge in [0.05, 0.1) is 18.9 Å². The largest absolute Gasteiger partial charge is 0.379 e. The standard InChI is InChI=1S/C18H24N4O2/c1-2-6-19-15(3-1)12-20-14-4-5-18-16(11-14)17(21-24-18)13-22-7-9-23-10-8-22/h1-3,6,14,20H,4-5,7-13H2. The van der Waals surface area contributed by atoms with Gasteiger partial charge in [0.25, 0.3) is 0 Å². The zero-order valence-electron chi connectivity index (χ0n) is 13.9. The molecule has 2 aliphatic rings. The average molecular weight is 328 g/mol.